The Morgan fingerprint density at radius 3 is 2.19 bits per heavy atom. The van der Waals surface area contributed by atoms with Crippen molar-refractivity contribution >= 4 is 40.2 Å². The normalized spacial score (nSPS) is 17.8. The average Bonchev–Trinajstić information content (AvgIpc) is 3.15. The van der Waals surface area contributed by atoms with Gasteiger partial charge in [-0.15, -0.1) is 0 Å². The summed E-state index contributed by atoms with van der Waals surface area (Å²) in [6.45, 7) is 0. The molecule has 2 fully saturated rings. The van der Waals surface area contributed by atoms with E-state index in [2.05, 4.69) is 25.2 Å². The molecule has 2 aliphatic carbocycles. The van der Waals surface area contributed by atoms with Gasteiger partial charge in [-0.2, -0.15) is 0 Å². The summed E-state index contributed by atoms with van der Waals surface area (Å²) >= 11 is 2.56. The topological polar surface area (TPSA) is 108 Å². The number of nitrogens with one attached hydrogen (secondary N) is 1. The average molecular weight is 476 g/mol. The molecule has 0 aliphatic heterocycles. The van der Waals surface area contributed by atoms with Crippen molar-refractivity contribution in [2.75, 3.05) is 5.32 Å². The van der Waals surface area contributed by atoms with Crippen LogP contribution in [0.25, 0.3) is 0 Å². The summed E-state index contributed by atoms with van der Waals surface area (Å²) in [5.74, 6) is -0.963. The zero-order valence-electron chi connectivity index (χ0n) is 18.0. The van der Waals surface area contributed by atoms with Crippen LogP contribution in [0.3, 0.4) is 0 Å². The first kappa shape index (κ1) is 23.0. The fourth-order valence-corrected chi connectivity index (χ4v) is 6.61. The highest BCUT2D eigenvalue weighted by Crippen LogP contribution is 2.37. The van der Waals surface area contributed by atoms with Gasteiger partial charge in [0.05, 0.1) is 16.3 Å². The number of aliphatic carboxylic acids is 1. The second-order valence-corrected chi connectivity index (χ2v) is 10.6. The Labute approximate surface area is 196 Å². The largest absolute Gasteiger partial charge is 0.481 e. The van der Waals surface area contributed by atoms with E-state index in [0.717, 1.165) is 25.7 Å². The molecule has 2 N–H and O–H groups in total. The smallest absolute Gasteiger partial charge is 0.324 e. The Hall–Kier alpha value is -2.20. The van der Waals surface area contributed by atoms with Crippen molar-refractivity contribution in [2.24, 2.45) is 0 Å². The Morgan fingerprint density at radius 1 is 1.03 bits per heavy atom. The van der Waals surface area contributed by atoms with Gasteiger partial charge in [-0.25, -0.2) is 19.7 Å². The van der Waals surface area contributed by atoms with E-state index in [1.807, 2.05) is 0 Å². The van der Waals surface area contributed by atoms with Crippen LogP contribution in [0.2, 0.25) is 0 Å². The summed E-state index contributed by atoms with van der Waals surface area (Å²) < 4.78 is 0.691. The molecule has 2 aliphatic rings. The van der Waals surface area contributed by atoms with E-state index in [-0.39, 0.29) is 24.5 Å². The van der Waals surface area contributed by atoms with Crippen molar-refractivity contribution in [1.82, 2.24) is 19.9 Å². The zero-order chi connectivity index (χ0) is 22.3. The molecule has 2 aromatic rings. The number of carbonyl (C=O) groups is 2. The number of hydrogen-bond acceptors (Lipinski definition) is 7. The predicted molar refractivity (Wildman–Crippen MR) is 124 cm³/mol. The summed E-state index contributed by atoms with van der Waals surface area (Å²) in [6.07, 6.45) is 14.4. The second kappa shape index (κ2) is 11.1. The third kappa shape index (κ3) is 5.98. The Morgan fingerprint density at radius 2 is 1.62 bits per heavy atom. The summed E-state index contributed by atoms with van der Waals surface area (Å²) in [4.78, 5) is 39.8. The van der Waals surface area contributed by atoms with Gasteiger partial charge >= 0.3 is 12.0 Å². The van der Waals surface area contributed by atoms with Crippen LogP contribution in [0.1, 0.15) is 69.9 Å². The quantitative estimate of drug-likeness (QED) is 0.529. The van der Waals surface area contributed by atoms with E-state index in [9.17, 15) is 14.7 Å². The van der Waals surface area contributed by atoms with Crippen LogP contribution in [-0.2, 0) is 11.2 Å². The Kier molecular flexibility index (Phi) is 7.96. The number of anilines is 1. The van der Waals surface area contributed by atoms with Crippen LogP contribution in [0.5, 0.6) is 0 Å². The van der Waals surface area contributed by atoms with Crippen LogP contribution >= 0.6 is 23.1 Å². The number of carbonyl (C=O) groups excluding carboxylic acids is 1. The maximum absolute atomic E-state index is 13.4. The molecule has 2 heterocycles. The second-order valence-electron chi connectivity index (χ2n) is 8.38. The van der Waals surface area contributed by atoms with E-state index >= 15 is 0 Å². The lowest BCUT2D eigenvalue weighted by atomic mass is 9.89. The van der Waals surface area contributed by atoms with E-state index in [1.165, 1.54) is 61.6 Å². The van der Waals surface area contributed by atoms with Gasteiger partial charge < -0.3 is 10.0 Å². The SMILES string of the molecule is O=C(O)Cc1nc(NC(=O)N(C2CCCCC2)C2CCCCC2)sc1Sc1ncccn1. The Bertz CT molecular complexity index is 894. The molecule has 4 rings (SSSR count). The Balaban J connectivity index is 1.53. The van der Waals surface area contributed by atoms with E-state index in [1.54, 1.807) is 18.5 Å². The summed E-state index contributed by atoms with van der Waals surface area (Å²) in [5, 5.41) is 13.3. The number of urea groups is 1. The van der Waals surface area contributed by atoms with Gasteiger partial charge in [-0.1, -0.05) is 49.9 Å². The fourth-order valence-electron chi connectivity index (χ4n) is 4.65. The van der Waals surface area contributed by atoms with Gasteiger partial charge in [0.25, 0.3) is 0 Å². The molecule has 2 aromatic heterocycles. The summed E-state index contributed by atoms with van der Waals surface area (Å²) in [5.41, 5.74) is 0.428. The summed E-state index contributed by atoms with van der Waals surface area (Å²) in [6, 6.07) is 2.17. The molecule has 0 radical (unpaired) electrons. The number of carboxylic acids is 1. The van der Waals surface area contributed by atoms with Gasteiger partial charge in [0.2, 0.25) is 0 Å². The van der Waals surface area contributed by atoms with Crippen molar-refractivity contribution in [3.63, 3.8) is 0 Å². The molecular weight excluding hydrogens is 446 g/mol. The van der Waals surface area contributed by atoms with Gasteiger partial charge in [-0.3, -0.25) is 10.1 Å². The lowest BCUT2D eigenvalue weighted by molar-refractivity contribution is -0.136. The monoisotopic (exact) mass is 475 g/mol. The highest BCUT2D eigenvalue weighted by Gasteiger charge is 2.33. The maximum atomic E-state index is 13.4. The minimum Gasteiger partial charge on any atom is -0.481 e. The van der Waals surface area contributed by atoms with Gasteiger partial charge in [0.15, 0.2) is 10.3 Å². The number of rotatable bonds is 7. The zero-order valence-corrected chi connectivity index (χ0v) is 19.7. The molecule has 2 amide bonds. The van der Waals surface area contributed by atoms with Crippen molar-refractivity contribution in [3.8, 4) is 0 Å². The molecule has 0 aromatic carbocycles. The maximum Gasteiger partial charge on any atom is 0.324 e. The highest BCUT2D eigenvalue weighted by atomic mass is 32.2. The van der Waals surface area contributed by atoms with Gasteiger partial charge in [-0.05, 0) is 43.5 Å². The van der Waals surface area contributed by atoms with E-state index in [4.69, 9.17) is 0 Å². The molecule has 8 nitrogen and oxygen atoms in total. The standard InChI is InChI=1S/C22H29N5O3S2/c28-18(29)14-17-19(31-20-23-12-7-13-24-20)32-21(25-17)26-22(30)27(15-8-3-1-4-9-15)16-10-5-2-6-11-16/h7,12-13,15-16H,1-6,8-11,14H2,(H,28,29)(H,25,26,30). The van der Waals surface area contributed by atoms with Gasteiger partial charge in [0.1, 0.15) is 0 Å². The van der Waals surface area contributed by atoms with Gasteiger partial charge in [0, 0.05) is 24.5 Å². The molecule has 2 saturated carbocycles. The molecule has 172 valence electrons. The number of nitrogens with zero attached hydrogens (tertiary/aromatic N) is 4. The molecular formula is C22H29N5O3S2. The van der Waals surface area contributed by atoms with Crippen LogP contribution in [-0.4, -0.2) is 49.0 Å². The number of carboxylic acid groups (broad SMARTS) is 1. The number of amides is 2. The third-order valence-electron chi connectivity index (χ3n) is 6.09. The van der Waals surface area contributed by atoms with Crippen molar-refractivity contribution in [3.05, 3.63) is 24.2 Å². The van der Waals surface area contributed by atoms with E-state index < -0.39 is 5.97 Å². The molecule has 0 atom stereocenters. The molecule has 0 spiro atoms. The third-order valence-corrected chi connectivity index (χ3v) is 8.21. The first-order valence-corrected chi connectivity index (χ1v) is 13.0. The molecule has 0 unspecified atom stereocenters. The molecule has 10 heteroatoms. The first-order chi connectivity index (χ1) is 15.6. The highest BCUT2D eigenvalue weighted by molar-refractivity contribution is 8.01. The minimum absolute atomic E-state index is 0.105. The number of aromatic nitrogens is 3. The fraction of sp³-hybridized carbons (Fsp3) is 0.591. The van der Waals surface area contributed by atoms with Crippen LogP contribution in [0, 0.1) is 0 Å². The van der Waals surface area contributed by atoms with Crippen LogP contribution in [0.15, 0.2) is 27.8 Å². The minimum atomic E-state index is -0.963. The van der Waals surface area contributed by atoms with Crippen molar-refractivity contribution in [1.29, 1.82) is 0 Å². The van der Waals surface area contributed by atoms with E-state index in [0.29, 0.717) is 20.2 Å². The van der Waals surface area contributed by atoms with Crippen LogP contribution < -0.4 is 5.32 Å². The number of thiazole rings is 1. The van der Waals surface area contributed by atoms with Crippen molar-refractivity contribution < 1.29 is 14.7 Å². The molecule has 0 saturated heterocycles. The number of hydrogen-bond donors (Lipinski definition) is 2. The molecule has 0 bridgehead atoms. The lowest BCUT2D eigenvalue weighted by Crippen LogP contribution is -2.50. The first-order valence-electron chi connectivity index (χ1n) is 11.4. The van der Waals surface area contributed by atoms with Crippen molar-refractivity contribution in [2.45, 2.75) is 92.1 Å². The lowest BCUT2D eigenvalue weighted by Gasteiger charge is -2.41. The predicted octanol–water partition coefficient (Wildman–Crippen LogP) is 5.21. The summed E-state index contributed by atoms with van der Waals surface area (Å²) in [7, 11) is 0. The van der Waals surface area contributed by atoms with Crippen LogP contribution in [0.4, 0.5) is 9.93 Å². The molecule has 32 heavy (non-hydrogen) atoms.